The summed E-state index contributed by atoms with van der Waals surface area (Å²) in [5, 5.41) is 2.65. The van der Waals surface area contributed by atoms with Crippen molar-refractivity contribution in [1.29, 1.82) is 0 Å². The van der Waals surface area contributed by atoms with Gasteiger partial charge >= 0.3 is 25.7 Å². The van der Waals surface area contributed by atoms with Crippen LogP contribution in [0.25, 0.3) is 0 Å². The Labute approximate surface area is 241 Å². The Balaban J connectivity index is 1.70. The quantitative estimate of drug-likeness (QED) is 0.189. The zero-order valence-electron chi connectivity index (χ0n) is 24.3. The molecule has 230 valence electrons. The van der Waals surface area contributed by atoms with Crippen LogP contribution in [0.2, 0.25) is 0 Å². The second-order valence-corrected chi connectivity index (χ2v) is 12.5. The van der Waals surface area contributed by atoms with Crippen molar-refractivity contribution in [2.45, 2.75) is 71.8 Å². The Morgan fingerprint density at radius 3 is 2.20 bits per heavy atom. The molecule has 1 aromatic rings. The monoisotopic (exact) mass is 599 g/mol. The standard InChI is InChI=1S/C28H42NO11P/c1-18(2)26(30)38-24-16-35-23(25(24)39-27(31)19(3)4)17-37-41(33,40-22-9-7-6-8-10-22)29-20(5)28(32)36-15-21-11-13-34-14-12-21/h6-10,18-21,23-25H,11-17H2,1-5H3,(H,29,33)/t20-,23?,24?,25?,41?/m0/s1. The van der Waals surface area contributed by atoms with Gasteiger partial charge in [0.1, 0.15) is 17.9 Å². The van der Waals surface area contributed by atoms with Crippen molar-refractivity contribution in [1.82, 2.24) is 5.09 Å². The molecule has 0 amide bonds. The molecule has 0 saturated carbocycles. The van der Waals surface area contributed by atoms with Gasteiger partial charge in [-0.2, -0.15) is 5.09 Å². The number of hydrogen-bond acceptors (Lipinski definition) is 11. The number of ether oxygens (including phenoxy) is 5. The number of para-hydroxylation sites is 1. The van der Waals surface area contributed by atoms with Crippen molar-refractivity contribution in [2.24, 2.45) is 17.8 Å². The zero-order valence-corrected chi connectivity index (χ0v) is 25.2. The number of rotatable bonds is 14. The van der Waals surface area contributed by atoms with Gasteiger partial charge in [0.25, 0.3) is 0 Å². The summed E-state index contributed by atoms with van der Waals surface area (Å²) >= 11 is 0. The molecule has 0 aromatic heterocycles. The average molecular weight is 600 g/mol. The first kappa shape index (κ1) is 33.0. The van der Waals surface area contributed by atoms with Crippen molar-refractivity contribution in [3.05, 3.63) is 30.3 Å². The Morgan fingerprint density at radius 1 is 0.927 bits per heavy atom. The zero-order chi connectivity index (χ0) is 30.0. The fourth-order valence-electron chi connectivity index (χ4n) is 4.01. The lowest BCUT2D eigenvalue weighted by Gasteiger charge is -2.27. The average Bonchev–Trinajstić information content (AvgIpc) is 3.32. The highest BCUT2D eigenvalue weighted by atomic mass is 31.2. The van der Waals surface area contributed by atoms with Crippen LogP contribution in [0, 0.1) is 17.8 Å². The largest absolute Gasteiger partial charge is 0.464 e. The van der Waals surface area contributed by atoms with Crippen LogP contribution >= 0.6 is 7.75 Å². The maximum absolute atomic E-state index is 13.9. The van der Waals surface area contributed by atoms with Gasteiger partial charge in [-0.15, -0.1) is 0 Å². The summed E-state index contributed by atoms with van der Waals surface area (Å²) in [7, 11) is -4.20. The number of carbonyl (C=O) groups is 3. The molecule has 1 N–H and O–H groups in total. The Morgan fingerprint density at radius 2 is 1.56 bits per heavy atom. The minimum absolute atomic E-state index is 0.0469. The maximum Gasteiger partial charge on any atom is 0.459 e. The van der Waals surface area contributed by atoms with Crippen LogP contribution < -0.4 is 9.61 Å². The maximum atomic E-state index is 13.9. The summed E-state index contributed by atoms with van der Waals surface area (Å²) in [5.74, 6) is -2.00. The molecule has 3 rings (SSSR count). The van der Waals surface area contributed by atoms with Crippen LogP contribution in [0.1, 0.15) is 47.5 Å². The second kappa shape index (κ2) is 15.7. The number of benzene rings is 1. The van der Waals surface area contributed by atoms with E-state index in [0.29, 0.717) is 13.2 Å². The first-order valence-corrected chi connectivity index (χ1v) is 15.6. The lowest BCUT2D eigenvalue weighted by atomic mass is 10.0. The van der Waals surface area contributed by atoms with Crippen molar-refractivity contribution >= 4 is 25.7 Å². The van der Waals surface area contributed by atoms with Gasteiger partial charge < -0.3 is 28.2 Å². The fourth-order valence-corrected chi connectivity index (χ4v) is 5.51. The van der Waals surface area contributed by atoms with Crippen LogP contribution in [0.5, 0.6) is 5.75 Å². The summed E-state index contributed by atoms with van der Waals surface area (Å²) in [6, 6.07) is 7.30. The highest BCUT2D eigenvalue weighted by Crippen LogP contribution is 2.45. The summed E-state index contributed by atoms with van der Waals surface area (Å²) in [6.07, 6.45) is -1.20. The van der Waals surface area contributed by atoms with Gasteiger partial charge in [0.05, 0.1) is 31.7 Å². The normalized spacial score (nSPS) is 23.5. The highest BCUT2D eigenvalue weighted by molar-refractivity contribution is 7.52. The van der Waals surface area contributed by atoms with Crippen LogP contribution in [-0.4, -0.2) is 75.3 Å². The SMILES string of the molecule is CC(C)C(=O)OC1COC(COP(=O)(N[C@@H](C)C(=O)OCC2CCOCC2)Oc2ccccc2)C1OC(=O)C(C)C. The van der Waals surface area contributed by atoms with E-state index in [9.17, 15) is 18.9 Å². The van der Waals surface area contributed by atoms with Gasteiger partial charge in [0.15, 0.2) is 12.2 Å². The molecule has 5 atom stereocenters. The van der Waals surface area contributed by atoms with E-state index < -0.39 is 61.8 Å². The third-order valence-corrected chi connectivity index (χ3v) is 8.20. The van der Waals surface area contributed by atoms with Gasteiger partial charge in [-0.25, -0.2) is 4.57 Å². The molecular weight excluding hydrogens is 557 g/mol. The number of carbonyl (C=O) groups excluding carboxylic acids is 3. The van der Waals surface area contributed by atoms with E-state index >= 15 is 0 Å². The molecule has 0 radical (unpaired) electrons. The molecule has 0 bridgehead atoms. The smallest absolute Gasteiger partial charge is 0.459 e. The first-order chi connectivity index (χ1) is 19.5. The molecule has 2 aliphatic heterocycles. The fraction of sp³-hybridized carbons (Fsp3) is 0.679. The summed E-state index contributed by atoms with van der Waals surface area (Å²) in [5.41, 5.74) is 0. The predicted molar refractivity (Wildman–Crippen MR) is 147 cm³/mol. The minimum atomic E-state index is -4.20. The Hall–Kier alpha value is -2.50. The second-order valence-electron chi connectivity index (χ2n) is 10.8. The van der Waals surface area contributed by atoms with E-state index in [1.807, 2.05) is 0 Å². The van der Waals surface area contributed by atoms with Gasteiger partial charge in [-0.05, 0) is 37.8 Å². The number of nitrogens with one attached hydrogen (secondary N) is 1. The van der Waals surface area contributed by atoms with Gasteiger partial charge in [0, 0.05) is 13.2 Å². The number of hydrogen-bond donors (Lipinski definition) is 1. The molecule has 2 saturated heterocycles. The van der Waals surface area contributed by atoms with Gasteiger partial charge in [-0.3, -0.25) is 18.9 Å². The van der Waals surface area contributed by atoms with E-state index in [1.165, 1.54) is 6.92 Å². The molecule has 2 fully saturated rings. The topological polar surface area (TPSA) is 145 Å². The van der Waals surface area contributed by atoms with Crippen molar-refractivity contribution in [3.63, 3.8) is 0 Å². The van der Waals surface area contributed by atoms with E-state index in [-0.39, 0.29) is 31.5 Å². The van der Waals surface area contributed by atoms with E-state index in [0.717, 1.165) is 12.8 Å². The predicted octanol–water partition coefficient (Wildman–Crippen LogP) is 3.67. The molecule has 41 heavy (non-hydrogen) atoms. The Kier molecular flexibility index (Phi) is 12.6. The lowest BCUT2D eigenvalue weighted by Crippen LogP contribution is -2.42. The first-order valence-electron chi connectivity index (χ1n) is 14.0. The minimum Gasteiger partial charge on any atom is -0.464 e. The van der Waals surface area contributed by atoms with E-state index in [1.54, 1.807) is 58.0 Å². The summed E-state index contributed by atoms with van der Waals surface area (Å²) in [4.78, 5) is 37.4. The van der Waals surface area contributed by atoms with Crippen molar-refractivity contribution < 1.29 is 51.7 Å². The van der Waals surface area contributed by atoms with Crippen LogP contribution in [0.15, 0.2) is 30.3 Å². The van der Waals surface area contributed by atoms with E-state index in [4.69, 9.17) is 32.7 Å². The van der Waals surface area contributed by atoms with Crippen LogP contribution in [0.4, 0.5) is 0 Å². The molecule has 2 heterocycles. The lowest BCUT2D eigenvalue weighted by molar-refractivity contribution is -0.170. The molecular formula is C28H42NO11P. The highest BCUT2D eigenvalue weighted by Gasteiger charge is 2.45. The molecule has 0 spiro atoms. The summed E-state index contributed by atoms with van der Waals surface area (Å²) < 4.78 is 53.0. The molecule has 13 heteroatoms. The van der Waals surface area contributed by atoms with Crippen LogP contribution in [-0.2, 0) is 47.2 Å². The van der Waals surface area contributed by atoms with Crippen molar-refractivity contribution in [2.75, 3.05) is 33.0 Å². The van der Waals surface area contributed by atoms with Gasteiger partial charge in [-0.1, -0.05) is 45.9 Å². The van der Waals surface area contributed by atoms with E-state index in [2.05, 4.69) is 5.09 Å². The summed E-state index contributed by atoms with van der Waals surface area (Å²) in [6.45, 7) is 9.29. The van der Waals surface area contributed by atoms with Gasteiger partial charge in [0.2, 0.25) is 0 Å². The Bertz CT molecular complexity index is 1040. The third-order valence-electron chi connectivity index (χ3n) is 6.56. The molecule has 1 aromatic carbocycles. The van der Waals surface area contributed by atoms with Crippen molar-refractivity contribution in [3.8, 4) is 5.75 Å². The molecule has 4 unspecified atom stereocenters. The molecule has 12 nitrogen and oxygen atoms in total. The number of esters is 3. The molecule has 2 aliphatic rings. The molecule has 0 aliphatic carbocycles. The van der Waals surface area contributed by atoms with Crippen LogP contribution in [0.3, 0.4) is 0 Å². The third kappa shape index (κ3) is 10.4.